The van der Waals surface area contributed by atoms with Gasteiger partial charge in [-0.25, -0.2) is 0 Å². The van der Waals surface area contributed by atoms with E-state index in [-0.39, 0.29) is 11.8 Å². The minimum absolute atomic E-state index is 0.00451. The molecule has 1 spiro atoms. The molecule has 5 rings (SSSR count). The van der Waals surface area contributed by atoms with Gasteiger partial charge in [0.1, 0.15) is 6.04 Å². The molecule has 0 bridgehead atoms. The first-order chi connectivity index (χ1) is 14.0. The van der Waals surface area contributed by atoms with E-state index in [9.17, 15) is 9.59 Å². The second kappa shape index (κ2) is 6.97. The Balaban J connectivity index is 1.18. The summed E-state index contributed by atoms with van der Waals surface area (Å²) in [5, 5.41) is 6.86. The van der Waals surface area contributed by atoms with Crippen LogP contribution in [0.3, 0.4) is 0 Å². The number of benzene rings is 1. The van der Waals surface area contributed by atoms with Gasteiger partial charge in [-0.3, -0.25) is 9.59 Å². The normalized spacial score (nSPS) is 21.1. The number of likely N-dealkylation sites (tertiary alicyclic amines) is 1. The van der Waals surface area contributed by atoms with Crippen LogP contribution >= 0.6 is 0 Å². The number of hydrogen-bond donors (Lipinski definition) is 1. The Morgan fingerprint density at radius 1 is 1.14 bits per heavy atom. The van der Waals surface area contributed by atoms with Crippen molar-refractivity contribution in [2.45, 2.75) is 57.4 Å². The largest absolute Gasteiger partial charge is 0.341 e. The summed E-state index contributed by atoms with van der Waals surface area (Å²) < 4.78 is 5.29. The lowest BCUT2D eigenvalue weighted by Crippen LogP contribution is -2.49. The molecule has 3 fully saturated rings. The first-order valence-electron chi connectivity index (χ1n) is 10.6. The summed E-state index contributed by atoms with van der Waals surface area (Å²) in [6.45, 7) is 3.37. The predicted octanol–water partition coefficient (Wildman–Crippen LogP) is 3.13. The SMILES string of the molecule is C[C@H](NC(=O)c1ccc(-c2noc(C3CC3)n2)cc1)C(=O)N1CCC2(CC1)CC2. The molecule has 29 heavy (non-hydrogen) atoms. The molecule has 1 aliphatic heterocycles. The first kappa shape index (κ1) is 18.3. The van der Waals surface area contributed by atoms with E-state index in [1.54, 1.807) is 19.1 Å². The summed E-state index contributed by atoms with van der Waals surface area (Å²) in [6.07, 6.45) is 7.02. The van der Waals surface area contributed by atoms with Gasteiger partial charge >= 0.3 is 0 Å². The molecule has 2 aliphatic carbocycles. The van der Waals surface area contributed by atoms with Crippen LogP contribution < -0.4 is 5.32 Å². The summed E-state index contributed by atoms with van der Waals surface area (Å²) in [7, 11) is 0. The molecular formula is C22H26N4O3. The zero-order chi connectivity index (χ0) is 20.0. The van der Waals surface area contributed by atoms with Gasteiger partial charge < -0.3 is 14.7 Å². The minimum atomic E-state index is -0.534. The Morgan fingerprint density at radius 3 is 2.45 bits per heavy atom. The Bertz CT molecular complexity index is 918. The molecule has 0 unspecified atom stereocenters. The Labute approximate surface area is 169 Å². The van der Waals surface area contributed by atoms with E-state index in [1.165, 1.54) is 12.8 Å². The number of amides is 2. The van der Waals surface area contributed by atoms with Crippen LogP contribution in [0.25, 0.3) is 11.4 Å². The molecular weight excluding hydrogens is 368 g/mol. The third-order valence-corrected chi connectivity index (χ3v) is 6.58. The molecule has 2 amide bonds. The number of piperidine rings is 1. The van der Waals surface area contributed by atoms with E-state index in [0.29, 0.717) is 28.6 Å². The van der Waals surface area contributed by atoms with Crippen molar-refractivity contribution in [3.8, 4) is 11.4 Å². The van der Waals surface area contributed by atoms with Gasteiger partial charge in [0, 0.05) is 30.1 Å². The first-order valence-corrected chi connectivity index (χ1v) is 10.6. The zero-order valence-electron chi connectivity index (χ0n) is 16.7. The second-order valence-electron chi connectivity index (χ2n) is 8.83. The summed E-state index contributed by atoms with van der Waals surface area (Å²) in [4.78, 5) is 31.6. The maximum Gasteiger partial charge on any atom is 0.251 e. The van der Waals surface area contributed by atoms with Crippen LogP contribution in [0.1, 0.15) is 67.6 Å². The van der Waals surface area contributed by atoms with Crippen molar-refractivity contribution >= 4 is 11.8 Å². The van der Waals surface area contributed by atoms with Crippen LogP contribution in [0, 0.1) is 5.41 Å². The quantitative estimate of drug-likeness (QED) is 0.842. The molecule has 3 aliphatic rings. The number of aromatic nitrogens is 2. The number of rotatable bonds is 5. The standard InChI is InChI=1S/C22H26N4O3/c1-14(21(28)26-12-10-22(8-9-22)11-13-26)23-19(27)16-4-2-15(3-5-16)18-24-20(29-25-18)17-6-7-17/h2-5,14,17H,6-13H2,1H3,(H,23,27)/t14-/m0/s1. The van der Waals surface area contributed by atoms with Crippen LogP contribution in [0.2, 0.25) is 0 Å². The molecule has 7 heteroatoms. The maximum atomic E-state index is 12.7. The van der Waals surface area contributed by atoms with E-state index in [2.05, 4.69) is 15.5 Å². The summed E-state index contributed by atoms with van der Waals surface area (Å²) in [5.74, 6) is 1.40. The lowest BCUT2D eigenvalue weighted by molar-refractivity contribution is -0.134. The molecule has 0 radical (unpaired) electrons. The van der Waals surface area contributed by atoms with Gasteiger partial charge in [0.05, 0.1) is 0 Å². The third-order valence-electron chi connectivity index (χ3n) is 6.58. The van der Waals surface area contributed by atoms with Crippen LogP contribution in [-0.2, 0) is 4.79 Å². The van der Waals surface area contributed by atoms with Gasteiger partial charge in [-0.15, -0.1) is 0 Å². The van der Waals surface area contributed by atoms with Gasteiger partial charge in [0.25, 0.3) is 5.91 Å². The number of nitrogens with one attached hydrogen (secondary N) is 1. The molecule has 7 nitrogen and oxygen atoms in total. The highest BCUT2D eigenvalue weighted by atomic mass is 16.5. The lowest BCUT2D eigenvalue weighted by Gasteiger charge is -2.33. The van der Waals surface area contributed by atoms with Crippen LogP contribution in [-0.4, -0.2) is 46.0 Å². The highest BCUT2D eigenvalue weighted by Gasteiger charge is 2.45. The zero-order valence-corrected chi connectivity index (χ0v) is 16.7. The van der Waals surface area contributed by atoms with Crippen molar-refractivity contribution in [3.05, 3.63) is 35.7 Å². The molecule has 2 saturated carbocycles. The number of hydrogen-bond acceptors (Lipinski definition) is 5. The molecule has 2 heterocycles. The molecule has 1 atom stereocenters. The summed E-state index contributed by atoms with van der Waals surface area (Å²) in [6, 6.07) is 6.54. The average Bonchev–Trinajstić information content (AvgIpc) is 3.68. The summed E-state index contributed by atoms with van der Waals surface area (Å²) in [5.41, 5.74) is 1.85. The molecule has 1 N–H and O–H groups in total. The predicted molar refractivity (Wildman–Crippen MR) is 106 cm³/mol. The van der Waals surface area contributed by atoms with E-state index in [4.69, 9.17) is 4.52 Å². The van der Waals surface area contributed by atoms with Crippen molar-refractivity contribution < 1.29 is 14.1 Å². The van der Waals surface area contributed by atoms with Crippen LogP contribution in [0.4, 0.5) is 0 Å². The van der Waals surface area contributed by atoms with E-state index in [0.717, 1.165) is 44.3 Å². The lowest BCUT2D eigenvalue weighted by atomic mass is 9.93. The monoisotopic (exact) mass is 394 g/mol. The third kappa shape index (κ3) is 3.78. The number of nitrogens with zero attached hydrogens (tertiary/aromatic N) is 3. The minimum Gasteiger partial charge on any atom is -0.341 e. The molecule has 1 saturated heterocycles. The maximum absolute atomic E-state index is 12.7. The van der Waals surface area contributed by atoms with Gasteiger partial charge in [-0.1, -0.05) is 17.3 Å². The van der Waals surface area contributed by atoms with Gasteiger partial charge in [-0.2, -0.15) is 4.98 Å². The average molecular weight is 394 g/mol. The number of carbonyl (C=O) groups is 2. The van der Waals surface area contributed by atoms with Crippen molar-refractivity contribution in [1.82, 2.24) is 20.4 Å². The molecule has 1 aromatic carbocycles. The fraction of sp³-hybridized carbons (Fsp3) is 0.545. The van der Waals surface area contributed by atoms with E-state index >= 15 is 0 Å². The Morgan fingerprint density at radius 2 is 1.83 bits per heavy atom. The molecule has 2 aromatic rings. The Kier molecular flexibility index (Phi) is 4.41. The number of carbonyl (C=O) groups excluding carboxylic acids is 2. The Hall–Kier alpha value is -2.70. The van der Waals surface area contributed by atoms with Gasteiger partial charge in [0.2, 0.25) is 17.6 Å². The van der Waals surface area contributed by atoms with Gasteiger partial charge in [-0.05, 0) is 63.0 Å². The van der Waals surface area contributed by atoms with E-state index in [1.807, 2.05) is 17.0 Å². The summed E-state index contributed by atoms with van der Waals surface area (Å²) >= 11 is 0. The highest BCUT2D eigenvalue weighted by Crippen LogP contribution is 2.53. The molecule has 152 valence electrons. The smallest absolute Gasteiger partial charge is 0.251 e. The van der Waals surface area contributed by atoms with Gasteiger partial charge in [0.15, 0.2) is 0 Å². The van der Waals surface area contributed by atoms with Crippen molar-refractivity contribution in [1.29, 1.82) is 0 Å². The second-order valence-corrected chi connectivity index (χ2v) is 8.83. The van der Waals surface area contributed by atoms with E-state index < -0.39 is 6.04 Å². The highest BCUT2D eigenvalue weighted by molar-refractivity contribution is 5.97. The van der Waals surface area contributed by atoms with Crippen molar-refractivity contribution in [2.24, 2.45) is 5.41 Å². The fourth-order valence-electron chi connectivity index (χ4n) is 4.11. The van der Waals surface area contributed by atoms with Crippen LogP contribution in [0.15, 0.2) is 28.8 Å². The topological polar surface area (TPSA) is 88.3 Å². The van der Waals surface area contributed by atoms with Crippen LogP contribution in [0.5, 0.6) is 0 Å². The fourth-order valence-corrected chi connectivity index (χ4v) is 4.11. The molecule has 1 aromatic heterocycles. The van der Waals surface area contributed by atoms with Crippen molar-refractivity contribution in [3.63, 3.8) is 0 Å². The van der Waals surface area contributed by atoms with Crippen molar-refractivity contribution in [2.75, 3.05) is 13.1 Å².